The zero-order valence-corrected chi connectivity index (χ0v) is 10.4. The molecule has 2 rings (SSSR count). The third-order valence-electron chi connectivity index (χ3n) is 2.28. The summed E-state index contributed by atoms with van der Waals surface area (Å²) in [6, 6.07) is 5.15. The summed E-state index contributed by atoms with van der Waals surface area (Å²) in [7, 11) is 0. The monoisotopic (exact) mass is 295 g/mol. The summed E-state index contributed by atoms with van der Waals surface area (Å²) in [6.45, 7) is 2.14. The van der Waals surface area contributed by atoms with Crippen molar-refractivity contribution in [1.29, 1.82) is 0 Å². The summed E-state index contributed by atoms with van der Waals surface area (Å²) in [5.41, 5.74) is 0.921. The van der Waals surface area contributed by atoms with Crippen LogP contribution in [0.3, 0.4) is 0 Å². The fourth-order valence-electron chi connectivity index (χ4n) is 1.55. The first-order valence-corrected chi connectivity index (χ1v) is 5.33. The molecular weight excluding hydrogens is 284 g/mol. The van der Waals surface area contributed by atoms with Crippen LogP contribution in [0.15, 0.2) is 22.7 Å². The minimum absolute atomic E-state index is 0. The molecule has 0 bridgehead atoms. The maximum absolute atomic E-state index is 13.2. The molecule has 0 unspecified atom stereocenters. The van der Waals surface area contributed by atoms with E-state index in [0.29, 0.717) is 11.1 Å². The lowest BCUT2D eigenvalue weighted by Gasteiger charge is -2.25. The Morgan fingerprint density at radius 3 is 2.93 bits per heavy atom. The fourth-order valence-corrected chi connectivity index (χ4v) is 2.10. The van der Waals surface area contributed by atoms with Crippen LogP contribution >= 0.6 is 28.3 Å². The number of halogens is 3. The molecule has 15 heavy (non-hydrogen) atoms. The van der Waals surface area contributed by atoms with Gasteiger partial charge in [-0.05, 0) is 27.6 Å². The Labute approximate surface area is 103 Å². The van der Waals surface area contributed by atoms with Gasteiger partial charge in [0.2, 0.25) is 0 Å². The van der Waals surface area contributed by atoms with Crippen molar-refractivity contribution in [3.05, 3.63) is 34.1 Å². The van der Waals surface area contributed by atoms with Gasteiger partial charge in [0.15, 0.2) is 0 Å². The Morgan fingerprint density at radius 1 is 1.47 bits per heavy atom. The first kappa shape index (κ1) is 12.9. The largest absolute Gasteiger partial charge is 0.378 e. The maximum Gasteiger partial charge on any atom is 0.137 e. The minimum Gasteiger partial charge on any atom is -0.378 e. The molecule has 1 aliphatic rings. The molecule has 1 saturated heterocycles. The van der Waals surface area contributed by atoms with E-state index in [1.165, 1.54) is 6.07 Å². The number of benzene rings is 1. The van der Waals surface area contributed by atoms with Gasteiger partial charge in [0.25, 0.3) is 0 Å². The van der Waals surface area contributed by atoms with E-state index in [1.807, 2.05) is 6.07 Å². The molecule has 1 aliphatic heterocycles. The molecule has 1 heterocycles. The van der Waals surface area contributed by atoms with Crippen LogP contribution in [0, 0.1) is 5.82 Å². The smallest absolute Gasteiger partial charge is 0.137 e. The van der Waals surface area contributed by atoms with Gasteiger partial charge in [-0.3, -0.25) is 0 Å². The van der Waals surface area contributed by atoms with Crippen LogP contribution in [0.1, 0.15) is 11.6 Å². The first-order chi connectivity index (χ1) is 6.79. The predicted molar refractivity (Wildman–Crippen MR) is 62.9 cm³/mol. The minimum atomic E-state index is -0.227. The molecule has 0 aliphatic carbocycles. The average molecular weight is 297 g/mol. The molecule has 0 radical (unpaired) electrons. The van der Waals surface area contributed by atoms with Gasteiger partial charge >= 0.3 is 0 Å². The van der Waals surface area contributed by atoms with Crippen LogP contribution in [-0.4, -0.2) is 19.8 Å². The van der Waals surface area contributed by atoms with Crippen molar-refractivity contribution in [1.82, 2.24) is 5.32 Å². The molecule has 0 saturated carbocycles. The quantitative estimate of drug-likeness (QED) is 0.860. The maximum atomic E-state index is 13.2. The van der Waals surface area contributed by atoms with Crippen LogP contribution in [0.5, 0.6) is 0 Å². The molecule has 0 spiro atoms. The number of nitrogens with one attached hydrogen (secondary N) is 1. The van der Waals surface area contributed by atoms with Crippen LogP contribution in [0.4, 0.5) is 4.39 Å². The number of morpholine rings is 1. The van der Waals surface area contributed by atoms with Crippen molar-refractivity contribution in [2.24, 2.45) is 0 Å². The van der Waals surface area contributed by atoms with Gasteiger partial charge < -0.3 is 10.1 Å². The van der Waals surface area contributed by atoms with Crippen LogP contribution in [-0.2, 0) is 4.74 Å². The van der Waals surface area contributed by atoms with Crippen LogP contribution < -0.4 is 5.32 Å². The topological polar surface area (TPSA) is 21.3 Å². The average Bonchev–Trinajstić information content (AvgIpc) is 2.23. The molecule has 1 atom stereocenters. The summed E-state index contributed by atoms with van der Waals surface area (Å²) in [5, 5.41) is 3.28. The summed E-state index contributed by atoms with van der Waals surface area (Å²) in [5.74, 6) is -0.227. The fraction of sp³-hybridized carbons (Fsp3) is 0.400. The van der Waals surface area contributed by atoms with Crippen LogP contribution in [0.2, 0.25) is 0 Å². The first-order valence-electron chi connectivity index (χ1n) is 4.54. The highest BCUT2D eigenvalue weighted by atomic mass is 79.9. The summed E-state index contributed by atoms with van der Waals surface area (Å²) in [6.07, 6.45) is 0. The summed E-state index contributed by atoms with van der Waals surface area (Å²) >= 11 is 3.25. The lowest BCUT2D eigenvalue weighted by Crippen LogP contribution is -2.34. The molecule has 1 aromatic carbocycles. The van der Waals surface area contributed by atoms with Gasteiger partial charge in [-0.15, -0.1) is 12.4 Å². The third kappa shape index (κ3) is 2.91. The van der Waals surface area contributed by atoms with Crippen molar-refractivity contribution < 1.29 is 9.13 Å². The Kier molecular flexibility index (Phi) is 4.99. The van der Waals surface area contributed by atoms with Gasteiger partial charge in [0, 0.05) is 6.54 Å². The van der Waals surface area contributed by atoms with Gasteiger partial charge in [-0.2, -0.15) is 0 Å². The van der Waals surface area contributed by atoms with E-state index in [0.717, 1.165) is 18.7 Å². The lowest BCUT2D eigenvalue weighted by molar-refractivity contribution is 0.0766. The van der Waals surface area contributed by atoms with Crippen molar-refractivity contribution in [2.75, 3.05) is 19.8 Å². The molecule has 1 N–H and O–H groups in total. The second-order valence-electron chi connectivity index (χ2n) is 3.22. The van der Waals surface area contributed by atoms with Crippen molar-refractivity contribution in [3.63, 3.8) is 0 Å². The molecule has 84 valence electrons. The van der Waals surface area contributed by atoms with E-state index in [-0.39, 0.29) is 24.3 Å². The molecular formula is C10H12BrClFNO. The van der Waals surface area contributed by atoms with Crippen molar-refractivity contribution in [3.8, 4) is 0 Å². The zero-order valence-electron chi connectivity index (χ0n) is 8.00. The number of rotatable bonds is 1. The van der Waals surface area contributed by atoms with Gasteiger partial charge in [-0.25, -0.2) is 4.39 Å². The Balaban J connectivity index is 0.00000112. The molecule has 1 aromatic rings. The second kappa shape index (κ2) is 5.80. The predicted octanol–water partition coefficient (Wildman–Crippen LogP) is 2.67. The molecule has 1 fully saturated rings. The highest BCUT2D eigenvalue weighted by Gasteiger charge is 2.18. The molecule has 2 nitrogen and oxygen atoms in total. The molecule has 5 heteroatoms. The lowest BCUT2D eigenvalue weighted by atomic mass is 10.1. The number of hydrogen-bond acceptors (Lipinski definition) is 2. The van der Waals surface area contributed by atoms with Crippen LogP contribution in [0.25, 0.3) is 0 Å². The summed E-state index contributed by atoms with van der Waals surface area (Å²) in [4.78, 5) is 0. The highest BCUT2D eigenvalue weighted by Crippen LogP contribution is 2.27. The van der Waals surface area contributed by atoms with Crippen molar-refractivity contribution in [2.45, 2.75) is 6.04 Å². The van der Waals surface area contributed by atoms with E-state index >= 15 is 0 Å². The van der Waals surface area contributed by atoms with E-state index in [1.54, 1.807) is 6.07 Å². The highest BCUT2D eigenvalue weighted by molar-refractivity contribution is 9.10. The summed E-state index contributed by atoms with van der Waals surface area (Å²) < 4.78 is 19.1. The van der Waals surface area contributed by atoms with Gasteiger partial charge in [0.05, 0.1) is 23.7 Å². The third-order valence-corrected chi connectivity index (χ3v) is 3.12. The van der Waals surface area contributed by atoms with Crippen molar-refractivity contribution >= 4 is 28.3 Å². The standard InChI is InChI=1S/C10H11BrFNO.ClH/c11-10-7(2-1-3-8(10)12)9-6-14-5-4-13-9;/h1-3,9,13H,4-6H2;1H/t9-;/m1./s1. The van der Waals surface area contributed by atoms with E-state index in [2.05, 4.69) is 21.2 Å². The number of ether oxygens (including phenoxy) is 1. The Hall–Kier alpha value is -0.160. The zero-order chi connectivity index (χ0) is 9.97. The van der Waals surface area contributed by atoms with Gasteiger partial charge in [-0.1, -0.05) is 12.1 Å². The van der Waals surface area contributed by atoms with Gasteiger partial charge in [0.1, 0.15) is 5.82 Å². The number of hydrogen-bond donors (Lipinski definition) is 1. The SMILES string of the molecule is Cl.Fc1cccc([C@H]2COCCN2)c1Br. The molecule has 0 aromatic heterocycles. The van der Waals surface area contributed by atoms with E-state index in [9.17, 15) is 4.39 Å². The van der Waals surface area contributed by atoms with E-state index < -0.39 is 0 Å². The normalized spacial score (nSPS) is 20.8. The molecule has 0 amide bonds. The van der Waals surface area contributed by atoms with E-state index in [4.69, 9.17) is 4.74 Å². The Morgan fingerprint density at radius 2 is 2.27 bits per heavy atom. The Bertz CT molecular complexity index is 331. The second-order valence-corrected chi connectivity index (χ2v) is 4.02.